The summed E-state index contributed by atoms with van der Waals surface area (Å²) >= 11 is 0. The Balaban J connectivity index is 2.18. The zero-order chi connectivity index (χ0) is 11.4. The van der Waals surface area contributed by atoms with Crippen LogP contribution in [-0.2, 0) is 0 Å². The first-order chi connectivity index (χ1) is 7.74. The summed E-state index contributed by atoms with van der Waals surface area (Å²) < 4.78 is 0. The number of rotatable bonds is 2. The second-order valence-electron chi connectivity index (χ2n) is 3.59. The summed E-state index contributed by atoms with van der Waals surface area (Å²) in [6.45, 7) is 0. The van der Waals surface area contributed by atoms with Gasteiger partial charge in [0.1, 0.15) is 5.75 Å². The maximum Gasteiger partial charge on any atom is 0.115 e. The molecular formula is C14H13NO. The summed E-state index contributed by atoms with van der Waals surface area (Å²) in [6.07, 6.45) is 3.97. The molecule has 2 aromatic rings. The molecule has 0 aromatic heterocycles. The first-order valence-corrected chi connectivity index (χ1v) is 5.07. The quantitative estimate of drug-likeness (QED) is 0.592. The smallest absolute Gasteiger partial charge is 0.115 e. The van der Waals surface area contributed by atoms with Gasteiger partial charge in [0.25, 0.3) is 0 Å². The molecule has 0 unspecified atom stereocenters. The number of phenols is 1. The third kappa shape index (κ3) is 2.64. The van der Waals surface area contributed by atoms with E-state index >= 15 is 0 Å². The summed E-state index contributed by atoms with van der Waals surface area (Å²) in [4.78, 5) is 0. The van der Waals surface area contributed by atoms with E-state index in [0.717, 1.165) is 16.8 Å². The number of aromatic hydroxyl groups is 1. The van der Waals surface area contributed by atoms with Crippen LogP contribution in [0.2, 0.25) is 0 Å². The molecular weight excluding hydrogens is 198 g/mol. The van der Waals surface area contributed by atoms with Gasteiger partial charge in [-0.2, -0.15) is 0 Å². The molecule has 0 radical (unpaired) electrons. The minimum atomic E-state index is 0.279. The number of hydrogen-bond donors (Lipinski definition) is 2. The van der Waals surface area contributed by atoms with E-state index in [-0.39, 0.29) is 5.75 Å². The third-order valence-electron chi connectivity index (χ3n) is 2.27. The fourth-order valence-electron chi connectivity index (χ4n) is 1.44. The lowest BCUT2D eigenvalue weighted by Gasteiger charge is -1.96. The molecule has 0 saturated heterocycles. The number of benzene rings is 2. The number of nitrogens with two attached hydrogens (primary N) is 1. The van der Waals surface area contributed by atoms with Gasteiger partial charge in [0.05, 0.1) is 0 Å². The second-order valence-corrected chi connectivity index (χ2v) is 3.59. The van der Waals surface area contributed by atoms with Crippen molar-refractivity contribution in [3.8, 4) is 5.75 Å². The molecule has 0 saturated carbocycles. The normalized spacial score (nSPS) is 10.8. The van der Waals surface area contributed by atoms with E-state index in [1.54, 1.807) is 12.1 Å². The standard InChI is InChI=1S/C14H13NO/c15-13-3-1-2-12(10-13)5-4-11-6-8-14(16)9-7-11/h1-10,16H,15H2/b5-4+. The van der Waals surface area contributed by atoms with Gasteiger partial charge in [-0.1, -0.05) is 36.4 Å². The first-order valence-electron chi connectivity index (χ1n) is 5.07. The van der Waals surface area contributed by atoms with Crippen LogP contribution in [0, 0.1) is 0 Å². The molecule has 0 bridgehead atoms. The highest BCUT2D eigenvalue weighted by Gasteiger charge is 1.90. The maximum absolute atomic E-state index is 9.14. The van der Waals surface area contributed by atoms with Crippen molar-refractivity contribution in [1.82, 2.24) is 0 Å². The molecule has 0 amide bonds. The van der Waals surface area contributed by atoms with Gasteiger partial charge >= 0.3 is 0 Å². The Bertz CT molecular complexity index is 500. The highest BCUT2D eigenvalue weighted by molar-refractivity contribution is 5.71. The predicted octanol–water partition coefficient (Wildman–Crippen LogP) is 3.14. The van der Waals surface area contributed by atoms with Crippen molar-refractivity contribution in [1.29, 1.82) is 0 Å². The molecule has 2 nitrogen and oxygen atoms in total. The summed E-state index contributed by atoms with van der Waals surface area (Å²) in [7, 11) is 0. The maximum atomic E-state index is 9.14. The van der Waals surface area contributed by atoms with Crippen molar-refractivity contribution >= 4 is 17.8 Å². The van der Waals surface area contributed by atoms with Crippen LogP contribution in [0.5, 0.6) is 5.75 Å². The van der Waals surface area contributed by atoms with Gasteiger partial charge in [0.15, 0.2) is 0 Å². The Hall–Kier alpha value is -2.22. The van der Waals surface area contributed by atoms with Crippen molar-refractivity contribution in [3.63, 3.8) is 0 Å². The van der Waals surface area contributed by atoms with Crippen LogP contribution in [0.3, 0.4) is 0 Å². The van der Waals surface area contributed by atoms with E-state index in [4.69, 9.17) is 10.8 Å². The summed E-state index contributed by atoms with van der Waals surface area (Å²) in [5.41, 5.74) is 8.54. The monoisotopic (exact) mass is 211 g/mol. The Kier molecular flexibility index (Phi) is 2.92. The molecule has 0 spiro atoms. The molecule has 0 fully saturated rings. The highest BCUT2D eigenvalue weighted by atomic mass is 16.3. The number of phenolic OH excluding ortho intramolecular Hbond substituents is 1. The molecule has 2 aromatic carbocycles. The molecule has 0 aliphatic heterocycles. The van der Waals surface area contributed by atoms with Crippen molar-refractivity contribution in [2.45, 2.75) is 0 Å². The lowest BCUT2D eigenvalue weighted by Crippen LogP contribution is -1.83. The lowest BCUT2D eigenvalue weighted by atomic mass is 10.1. The Morgan fingerprint density at radius 2 is 1.56 bits per heavy atom. The average molecular weight is 211 g/mol. The molecule has 0 heterocycles. The molecule has 2 heteroatoms. The van der Waals surface area contributed by atoms with Gasteiger partial charge in [-0.3, -0.25) is 0 Å². The zero-order valence-electron chi connectivity index (χ0n) is 8.80. The van der Waals surface area contributed by atoms with Crippen LogP contribution < -0.4 is 5.73 Å². The van der Waals surface area contributed by atoms with E-state index in [0.29, 0.717) is 0 Å². The predicted molar refractivity (Wildman–Crippen MR) is 67.9 cm³/mol. The molecule has 0 aliphatic carbocycles. The summed E-state index contributed by atoms with van der Waals surface area (Å²) in [6, 6.07) is 14.7. The lowest BCUT2D eigenvalue weighted by molar-refractivity contribution is 0.475. The molecule has 0 aliphatic rings. The first kappa shape index (κ1) is 10.3. The largest absolute Gasteiger partial charge is 0.508 e. The van der Waals surface area contributed by atoms with Gasteiger partial charge in [-0.05, 0) is 35.4 Å². The van der Waals surface area contributed by atoms with Gasteiger partial charge in [0, 0.05) is 5.69 Å². The second kappa shape index (κ2) is 4.53. The molecule has 0 atom stereocenters. The zero-order valence-corrected chi connectivity index (χ0v) is 8.80. The Labute approximate surface area is 94.7 Å². The molecule has 16 heavy (non-hydrogen) atoms. The summed E-state index contributed by atoms with van der Waals surface area (Å²) in [5.74, 6) is 0.279. The molecule has 2 rings (SSSR count). The minimum Gasteiger partial charge on any atom is -0.508 e. The number of hydrogen-bond acceptors (Lipinski definition) is 2. The van der Waals surface area contributed by atoms with Crippen LogP contribution in [0.4, 0.5) is 5.69 Å². The minimum absolute atomic E-state index is 0.279. The van der Waals surface area contributed by atoms with E-state index in [9.17, 15) is 0 Å². The SMILES string of the molecule is Nc1cccc(/C=C/c2ccc(O)cc2)c1. The van der Waals surface area contributed by atoms with Crippen molar-refractivity contribution in [2.75, 3.05) is 5.73 Å². The Morgan fingerprint density at radius 1 is 0.875 bits per heavy atom. The van der Waals surface area contributed by atoms with Crippen LogP contribution >= 0.6 is 0 Å². The average Bonchev–Trinajstić information content (AvgIpc) is 2.28. The van der Waals surface area contributed by atoms with E-state index in [1.807, 2.05) is 48.6 Å². The van der Waals surface area contributed by atoms with Gasteiger partial charge in [-0.25, -0.2) is 0 Å². The third-order valence-corrected chi connectivity index (χ3v) is 2.27. The van der Waals surface area contributed by atoms with E-state index in [1.165, 1.54) is 0 Å². The van der Waals surface area contributed by atoms with Gasteiger partial charge in [0.2, 0.25) is 0 Å². The topological polar surface area (TPSA) is 46.2 Å². The fourth-order valence-corrected chi connectivity index (χ4v) is 1.44. The van der Waals surface area contributed by atoms with E-state index in [2.05, 4.69) is 0 Å². The van der Waals surface area contributed by atoms with Crippen LogP contribution in [0.1, 0.15) is 11.1 Å². The number of nitrogen functional groups attached to an aromatic ring is 1. The van der Waals surface area contributed by atoms with Crippen LogP contribution in [-0.4, -0.2) is 5.11 Å². The molecule has 80 valence electrons. The van der Waals surface area contributed by atoms with Gasteiger partial charge in [-0.15, -0.1) is 0 Å². The van der Waals surface area contributed by atoms with Gasteiger partial charge < -0.3 is 10.8 Å². The van der Waals surface area contributed by atoms with Crippen molar-refractivity contribution in [2.24, 2.45) is 0 Å². The fraction of sp³-hybridized carbons (Fsp3) is 0. The highest BCUT2D eigenvalue weighted by Crippen LogP contribution is 2.14. The van der Waals surface area contributed by atoms with Crippen molar-refractivity contribution in [3.05, 3.63) is 59.7 Å². The van der Waals surface area contributed by atoms with E-state index < -0.39 is 0 Å². The Morgan fingerprint density at radius 3 is 2.25 bits per heavy atom. The molecule has 3 N–H and O–H groups in total. The number of anilines is 1. The van der Waals surface area contributed by atoms with Crippen molar-refractivity contribution < 1.29 is 5.11 Å². The van der Waals surface area contributed by atoms with Crippen LogP contribution in [0.25, 0.3) is 12.2 Å². The van der Waals surface area contributed by atoms with Crippen LogP contribution in [0.15, 0.2) is 48.5 Å². The summed E-state index contributed by atoms with van der Waals surface area (Å²) in [5, 5.41) is 9.14.